The summed E-state index contributed by atoms with van der Waals surface area (Å²) in [4.78, 5) is 4.72. The molecule has 1 heterocycles. The van der Waals surface area contributed by atoms with Crippen LogP contribution < -0.4 is 9.64 Å². The lowest BCUT2D eigenvalue weighted by atomic mass is 10.0. The van der Waals surface area contributed by atoms with Crippen LogP contribution in [0.1, 0.15) is 18.6 Å². The van der Waals surface area contributed by atoms with Crippen molar-refractivity contribution in [2.45, 2.75) is 19.1 Å². The van der Waals surface area contributed by atoms with Crippen LogP contribution in [0.3, 0.4) is 0 Å². The van der Waals surface area contributed by atoms with E-state index < -0.39 is 6.10 Å². The number of aliphatic hydroxyl groups excluding tert-OH is 1. The fraction of sp³-hybridized carbons (Fsp3) is 0.400. The molecule has 24 heavy (non-hydrogen) atoms. The maximum absolute atomic E-state index is 10.6. The molecule has 1 unspecified atom stereocenters. The van der Waals surface area contributed by atoms with Gasteiger partial charge in [-0.2, -0.15) is 0 Å². The van der Waals surface area contributed by atoms with Crippen molar-refractivity contribution in [2.24, 2.45) is 0 Å². The molecule has 1 saturated heterocycles. The molecule has 1 aliphatic heterocycles. The molecule has 2 atom stereocenters. The highest BCUT2D eigenvalue weighted by Crippen LogP contribution is 2.29. The minimum absolute atomic E-state index is 0.104. The zero-order valence-corrected chi connectivity index (χ0v) is 14.4. The molecule has 0 spiro atoms. The predicted molar refractivity (Wildman–Crippen MR) is 97.6 cm³/mol. The number of anilines is 1. The van der Waals surface area contributed by atoms with Crippen molar-refractivity contribution in [3.05, 3.63) is 60.2 Å². The Bertz CT molecular complexity index is 639. The van der Waals surface area contributed by atoms with Gasteiger partial charge in [0.1, 0.15) is 5.75 Å². The summed E-state index contributed by atoms with van der Waals surface area (Å²) in [5.74, 6) is 0.920. The number of hydrogen-bond donors (Lipinski definition) is 1. The van der Waals surface area contributed by atoms with Crippen molar-refractivity contribution in [1.82, 2.24) is 4.90 Å². The monoisotopic (exact) mass is 326 g/mol. The average molecular weight is 326 g/mol. The third-order valence-electron chi connectivity index (χ3n) is 4.91. The second-order valence-corrected chi connectivity index (χ2v) is 6.29. The fourth-order valence-electron chi connectivity index (χ4n) is 3.39. The molecule has 4 nitrogen and oxygen atoms in total. The summed E-state index contributed by atoms with van der Waals surface area (Å²) >= 11 is 0. The fourth-order valence-corrected chi connectivity index (χ4v) is 3.39. The van der Waals surface area contributed by atoms with Crippen LogP contribution in [0.2, 0.25) is 0 Å². The van der Waals surface area contributed by atoms with Gasteiger partial charge in [-0.05, 0) is 24.6 Å². The molecule has 0 saturated carbocycles. The molecule has 2 aromatic carbocycles. The van der Waals surface area contributed by atoms with E-state index in [-0.39, 0.29) is 6.04 Å². The highest BCUT2D eigenvalue weighted by Gasteiger charge is 2.27. The first-order valence-electron chi connectivity index (χ1n) is 8.55. The Morgan fingerprint density at radius 2 is 1.54 bits per heavy atom. The van der Waals surface area contributed by atoms with E-state index in [0.717, 1.165) is 43.2 Å². The number of rotatable bonds is 5. The molecule has 128 valence electrons. The van der Waals surface area contributed by atoms with Gasteiger partial charge in [-0.15, -0.1) is 0 Å². The van der Waals surface area contributed by atoms with E-state index in [1.54, 1.807) is 7.11 Å². The quantitative estimate of drug-likeness (QED) is 0.916. The molecule has 0 aromatic heterocycles. The lowest BCUT2D eigenvalue weighted by Gasteiger charge is -2.40. The molecule has 0 radical (unpaired) electrons. The van der Waals surface area contributed by atoms with Gasteiger partial charge >= 0.3 is 0 Å². The molecule has 0 aliphatic carbocycles. The molecule has 1 N–H and O–H groups in total. The van der Waals surface area contributed by atoms with Crippen LogP contribution in [0.25, 0.3) is 0 Å². The number of piperazine rings is 1. The third kappa shape index (κ3) is 3.55. The molecule has 2 aromatic rings. The Labute approximate surface area is 144 Å². The van der Waals surface area contributed by atoms with Crippen molar-refractivity contribution >= 4 is 5.69 Å². The minimum atomic E-state index is -0.455. The molecular formula is C20H26N2O2. The van der Waals surface area contributed by atoms with Gasteiger partial charge in [-0.3, -0.25) is 4.90 Å². The second kappa shape index (κ2) is 7.69. The lowest BCUT2D eigenvalue weighted by Crippen LogP contribution is -2.51. The normalized spacial score (nSPS) is 18.2. The number of para-hydroxylation sites is 2. The molecular weight excluding hydrogens is 300 g/mol. The van der Waals surface area contributed by atoms with Crippen molar-refractivity contribution in [1.29, 1.82) is 0 Å². The van der Waals surface area contributed by atoms with Crippen LogP contribution in [0.5, 0.6) is 5.75 Å². The zero-order valence-electron chi connectivity index (χ0n) is 14.4. The van der Waals surface area contributed by atoms with Gasteiger partial charge in [-0.25, -0.2) is 0 Å². The van der Waals surface area contributed by atoms with Crippen molar-refractivity contribution in [3.8, 4) is 5.75 Å². The van der Waals surface area contributed by atoms with E-state index in [0.29, 0.717) is 0 Å². The van der Waals surface area contributed by atoms with Gasteiger partial charge in [0.25, 0.3) is 0 Å². The topological polar surface area (TPSA) is 35.9 Å². The van der Waals surface area contributed by atoms with Gasteiger partial charge < -0.3 is 14.7 Å². The number of hydrogen-bond acceptors (Lipinski definition) is 4. The second-order valence-electron chi connectivity index (χ2n) is 6.29. The van der Waals surface area contributed by atoms with E-state index in [2.05, 4.69) is 22.8 Å². The van der Waals surface area contributed by atoms with Crippen molar-refractivity contribution < 1.29 is 9.84 Å². The summed E-state index contributed by atoms with van der Waals surface area (Å²) in [6, 6.07) is 18.2. The number of aliphatic hydroxyl groups is 1. The van der Waals surface area contributed by atoms with E-state index in [1.807, 2.05) is 48.5 Å². The number of benzene rings is 2. The Morgan fingerprint density at radius 1 is 0.917 bits per heavy atom. The highest BCUT2D eigenvalue weighted by molar-refractivity contribution is 5.58. The molecule has 3 rings (SSSR count). The lowest BCUT2D eigenvalue weighted by molar-refractivity contribution is 0.0545. The summed E-state index contributed by atoms with van der Waals surface area (Å²) in [6.07, 6.45) is -0.455. The Kier molecular flexibility index (Phi) is 5.38. The van der Waals surface area contributed by atoms with E-state index in [4.69, 9.17) is 4.74 Å². The number of nitrogens with zero attached hydrogens (tertiary/aromatic N) is 2. The molecule has 1 fully saturated rings. The van der Waals surface area contributed by atoms with Crippen molar-refractivity contribution in [2.75, 3.05) is 38.2 Å². The maximum atomic E-state index is 10.6. The first kappa shape index (κ1) is 16.8. The van der Waals surface area contributed by atoms with Crippen molar-refractivity contribution in [3.63, 3.8) is 0 Å². The molecule has 1 aliphatic rings. The summed E-state index contributed by atoms with van der Waals surface area (Å²) in [5, 5.41) is 10.6. The van der Waals surface area contributed by atoms with Crippen LogP contribution in [0.15, 0.2) is 54.6 Å². The summed E-state index contributed by atoms with van der Waals surface area (Å²) in [6.45, 7) is 5.85. The van der Waals surface area contributed by atoms with E-state index in [1.165, 1.54) is 0 Å². The zero-order chi connectivity index (χ0) is 16.9. The minimum Gasteiger partial charge on any atom is -0.495 e. The van der Waals surface area contributed by atoms with Crippen LogP contribution in [-0.4, -0.2) is 49.3 Å². The van der Waals surface area contributed by atoms with Crippen LogP contribution in [0.4, 0.5) is 5.69 Å². The maximum Gasteiger partial charge on any atom is 0.142 e. The molecule has 0 bridgehead atoms. The Balaban J connectivity index is 1.62. The van der Waals surface area contributed by atoms with Gasteiger partial charge in [0.2, 0.25) is 0 Å². The van der Waals surface area contributed by atoms with Gasteiger partial charge in [0.05, 0.1) is 18.9 Å². The van der Waals surface area contributed by atoms with Crippen LogP contribution in [0, 0.1) is 0 Å². The summed E-state index contributed by atoms with van der Waals surface area (Å²) < 4.78 is 5.47. The Hall–Kier alpha value is -2.04. The average Bonchev–Trinajstić information content (AvgIpc) is 2.67. The standard InChI is InChI=1S/C20H26N2O2/c1-16(20(23)17-8-4-3-5-9-17)21-12-14-22(15-13-21)18-10-6-7-11-19(18)24-2/h3-11,16,20,23H,12-15H2,1-2H3/t16-,20?/m0/s1. The third-order valence-corrected chi connectivity index (χ3v) is 4.91. The first-order chi connectivity index (χ1) is 11.7. The predicted octanol–water partition coefficient (Wildman–Crippen LogP) is 2.94. The smallest absolute Gasteiger partial charge is 0.142 e. The Morgan fingerprint density at radius 3 is 2.21 bits per heavy atom. The van der Waals surface area contributed by atoms with Gasteiger partial charge in [0, 0.05) is 32.2 Å². The number of methoxy groups -OCH3 is 1. The van der Waals surface area contributed by atoms with E-state index in [9.17, 15) is 5.11 Å². The SMILES string of the molecule is COc1ccccc1N1CCN([C@@H](C)C(O)c2ccccc2)CC1. The number of ether oxygens (including phenoxy) is 1. The van der Waals surface area contributed by atoms with Gasteiger partial charge in [0.15, 0.2) is 0 Å². The largest absolute Gasteiger partial charge is 0.495 e. The van der Waals surface area contributed by atoms with Crippen LogP contribution >= 0.6 is 0 Å². The summed E-state index contributed by atoms with van der Waals surface area (Å²) in [7, 11) is 1.72. The first-order valence-corrected chi connectivity index (χ1v) is 8.55. The molecule has 4 heteroatoms. The highest BCUT2D eigenvalue weighted by atomic mass is 16.5. The molecule has 0 amide bonds. The van der Waals surface area contributed by atoms with E-state index >= 15 is 0 Å². The van der Waals surface area contributed by atoms with Crippen LogP contribution in [-0.2, 0) is 0 Å². The van der Waals surface area contributed by atoms with Gasteiger partial charge in [-0.1, -0.05) is 42.5 Å². The summed E-state index contributed by atoms with van der Waals surface area (Å²) in [5.41, 5.74) is 2.13.